The molecule has 0 radical (unpaired) electrons. The molecule has 0 saturated carbocycles. The first-order valence-corrected chi connectivity index (χ1v) is 10.0. The molecule has 0 bridgehead atoms. The first-order valence-electron chi connectivity index (χ1n) is 9.05. The number of nitrogens with one attached hydrogen (secondary N) is 1. The average molecular weight is 415 g/mol. The van der Waals surface area contributed by atoms with Gasteiger partial charge in [-0.2, -0.15) is 0 Å². The van der Waals surface area contributed by atoms with Crippen molar-refractivity contribution < 1.29 is 23.1 Å². The summed E-state index contributed by atoms with van der Waals surface area (Å²) in [7, 11) is 0. The highest BCUT2D eigenvalue weighted by atomic mass is 32.2. The standard InChI is InChI=1S/C20H18FN3O4S/c21-15-4-2-14(3-5-15)19-23-24-20(28-19)29-12-18(25)22-8-7-13-1-6-16-17(11-13)27-10-9-26-16/h1-6,11H,7-10,12H2,(H,22,25). The zero-order chi connectivity index (χ0) is 20.1. The van der Waals surface area contributed by atoms with Crippen LogP contribution in [-0.4, -0.2) is 41.6 Å². The summed E-state index contributed by atoms with van der Waals surface area (Å²) in [4.78, 5) is 12.0. The van der Waals surface area contributed by atoms with Crippen LogP contribution in [0.25, 0.3) is 11.5 Å². The van der Waals surface area contributed by atoms with Crippen molar-refractivity contribution in [2.75, 3.05) is 25.5 Å². The Balaban J connectivity index is 1.22. The van der Waals surface area contributed by atoms with Crippen LogP contribution in [0.5, 0.6) is 11.5 Å². The summed E-state index contributed by atoms with van der Waals surface area (Å²) >= 11 is 1.15. The normalized spacial score (nSPS) is 12.6. The van der Waals surface area contributed by atoms with Gasteiger partial charge >= 0.3 is 0 Å². The van der Waals surface area contributed by atoms with Crippen molar-refractivity contribution in [3.8, 4) is 23.0 Å². The number of carbonyl (C=O) groups excluding carboxylic acids is 1. The third kappa shape index (κ3) is 5.05. The van der Waals surface area contributed by atoms with Crippen LogP contribution in [0.2, 0.25) is 0 Å². The molecule has 150 valence electrons. The lowest BCUT2D eigenvalue weighted by Gasteiger charge is -2.18. The van der Waals surface area contributed by atoms with E-state index in [1.165, 1.54) is 12.1 Å². The molecule has 0 spiro atoms. The van der Waals surface area contributed by atoms with Gasteiger partial charge in [-0.3, -0.25) is 4.79 Å². The van der Waals surface area contributed by atoms with E-state index in [9.17, 15) is 9.18 Å². The molecule has 29 heavy (non-hydrogen) atoms. The van der Waals surface area contributed by atoms with Gasteiger partial charge in [0.15, 0.2) is 11.5 Å². The highest BCUT2D eigenvalue weighted by Crippen LogP contribution is 2.30. The number of carbonyl (C=O) groups is 1. The zero-order valence-corrected chi connectivity index (χ0v) is 16.2. The Morgan fingerprint density at radius 3 is 2.69 bits per heavy atom. The molecular formula is C20H18FN3O4S. The first kappa shape index (κ1) is 19.3. The molecule has 1 aromatic heterocycles. The summed E-state index contributed by atoms with van der Waals surface area (Å²) in [6, 6.07) is 11.5. The van der Waals surface area contributed by atoms with Gasteiger partial charge in [-0.25, -0.2) is 4.39 Å². The van der Waals surface area contributed by atoms with Crippen LogP contribution < -0.4 is 14.8 Å². The van der Waals surface area contributed by atoms with Crippen molar-refractivity contribution in [2.45, 2.75) is 11.6 Å². The van der Waals surface area contributed by atoms with Crippen molar-refractivity contribution in [1.82, 2.24) is 15.5 Å². The number of halogens is 1. The van der Waals surface area contributed by atoms with Crippen LogP contribution in [0.4, 0.5) is 4.39 Å². The van der Waals surface area contributed by atoms with Gasteiger partial charge in [0, 0.05) is 12.1 Å². The Labute approximate surface area is 170 Å². The number of amides is 1. The van der Waals surface area contributed by atoms with Gasteiger partial charge in [-0.1, -0.05) is 17.8 Å². The number of rotatable bonds is 7. The van der Waals surface area contributed by atoms with Gasteiger partial charge < -0.3 is 19.2 Å². The number of ether oxygens (including phenoxy) is 2. The maximum Gasteiger partial charge on any atom is 0.277 e. The zero-order valence-electron chi connectivity index (χ0n) is 15.4. The summed E-state index contributed by atoms with van der Waals surface area (Å²) in [5.41, 5.74) is 1.68. The van der Waals surface area contributed by atoms with E-state index in [0.717, 1.165) is 28.8 Å². The van der Waals surface area contributed by atoms with Crippen LogP contribution in [-0.2, 0) is 11.2 Å². The monoisotopic (exact) mass is 415 g/mol. The quantitative estimate of drug-likeness (QED) is 0.594. The number of aromatic nitrogens is 2. The average Bonchev–Trinajstić information content (AvgIpc) is 3.22. The van der Waals surface area contributed by atoms with Gasteiger partial charge in [0.2, 0.25) is 11.8 Å². The lowest BCUT2D eigenvalue weighted by Crippen LogP contribution is -2.27. The Hall–Kier alpha value is -3.07. The van der Waals surface area contributed by atoms with Gasteiger partial charge in [-0.05, 0) is 48.4 Å². The predicted molar refractivity (Wildman–Crippen MR) is 105 cm³/mol. The second-order valence-electron chi connectivity index (χ2n) is 6.25. The molecule has 3 aromatic rings. The first-order chi connectivity index (χ1) is 14.2. The molecule has 0 aliphatic carbocycles. The van der Waals surface area contributed by atoms with E-state index in [-0.39, 0.29) is 28.6 Å². The molecule has 0 fully saturated rings. The lowest BCUT2D eigenvalue weighted by molar-refractivity contribution is -0.118. The molecule has 4 rings (SSSR count). The van der Waals surface area contributed by atoms with Crippen molar-refractivity contribution in [3.63, 3.8) is 0 Å². The predicted octanol–water partition coefficient (Wildman–Crippen LogP) is 3.10. The molecule has 2 aromatic carbocycles. The molecule has 0 unspecified atom stereocenters. The molecular weight excluding hydrogens is 397 g/mol. The number of hydrogen-bond donors (Lipinski definition) is 1. The number of nitrogens with zero attached hydrogens (tertiary/aromatic N) is 2. The second kappa shape index (κ2) is 8.95. The van der Waals surface area contributed by atoms with E-state index < -0.39 is 0 Å². The van der Waals surface area contributed by atoms with E-state index >= 15 is 0 Å². The Morgan fingerprint density at radius 2 is 1.86 bits per heavy atom. The number of fused-ring (bicyclic) bond motifs is 1. The van der Waals surface area contributed by atoms with E-state index in [1.54, 1.807) is 12.1 Å². The molecule has 7 nitrogen and oxygen atoms in total. The van der Waals surface area contributed by atoms with Crippen LogP contribution in [0.1, 0.15) is 5.56 Å². The highest BCUT2D eigenvalue weighted by molar-refractivity contribution is 7.99. The van der Waals surface area contributed by atoms with Gasteiger partial charge in [-0.15, -0.1) is 10.2 Å². The summed E-state index contributed by atoms with van der Waals surface area (Å²) in [5, 5.41) is 11.0. The van der Waals surface area contributed by atoms with Crippen LogP contribution in [0, 0.1) is 5.82 Å². The third-order valence-electron chi connectivity index (χ3n) is 4.17. The van der Waals surface area contributed by atoms with E-state index in [0.29, 0.717) is 31.7 Å². The molecule has 1 aliphatic heterocycles. The summed E-state index contributed by atoms with van der Waals surface area (Å²) in [6.07, 6.45) is 0.683. The van der Waals surface area contributed by atoms with Gasteiger partial charge in [0.25, 0.3) is 5.22 Å². The summed E-state index contributed by atoms with van der Waals surface area (Å²) in [6.45, 7) is 1.61. The van der Waals surface area contributed by atoms with Crippen molar-refractivity contribution in [2.24, 2.45) is 0 Å². The van der Waals surface area contributed by atoms with Crippen molar-refractivity contribution in [1.29, 1.82) is 0 Å². The lowest BCUT2D eigenvalue weighted by atomic mass is 10.1. The fourth-order valence-electron chi connectivity index (χ4n) is 2.75. The molecule has 2 heterocycles. The minimum absolute atomic E-state index is 0.130. The molecule has 9 heteroatoms. The molecule has 1 amide bonds. The highest BCUT2D eigenvalue weighted by Gasteiger charge is 2.13. The second-order valence-corrected chi connectivity index (χ2v) is 7.17. The SMILES string of the molecule is O=C(CSc1nnc(-c2ccc(F)cc2)o1)NCCc1ccc2c(c1)OCCO2. The minimum atomic E-state index is -0.337. The molecule has 0 saturated heterocycles. The van der Waals surface area contributed by atoms with E-state index in [4.69, 9.17) is 13.9 Å². The Bertz CT molecular complexity index is 994. The largest absolute Gasteiger partial charge is 0.486 e. The number of benzene rings is 2. The van der Waals surface area contributed by atoms with Crippen molar-refractivity contribution >= 4 is 17.7 Å². The topological polar surface area (TPSA) is 86.5 Å². The summed E-state index contributed by atoms with van der Waals surface area (Å²) < 4.78 is 29.5. The van der Waals surface area contributed by atoms with E-state index in [2.05, 4.69) is 15.5 Å². The Kier molecular flexibility index (Phi) is 5.95. The van der Waals surface area contributed by atoms with Crippen LogP contribution in [0.3, 0.4) is 0 Å². The third-order valence-corrected chi connectivity index (χ3v) is 4.99. The smallest absolute Gasteiger partial charge is 0.277 e. The number of hydrogen-bond acceptors (Lipinski definition) is 7. The van der Waals surface area contributed by atoms with Gasteiger partial charge in [0.05, 0.1) is 5.75 Å². The fraction of sp³-hybridized carbons (Fsp3) is 0.250. The van der Waals surface area contributed by atoms with Crippen molar-refractivity contribution in [3.05, 3.63) is 53.8 Å². The molecule has 1 N–H and O–H groups in total. The van der Waals surface area contributed by atoms with E-state index in [1.807, 2.05) is 18.2 Å². The Morgan fingerprint density at radius 1 is 1.07 bits per heavy atom. The van der Waals surface area contributed by atoms with Crippen LogP contribution in [0.15, 0.2) is 52.1 Å². The van der Waals surface area contributed by atoms with Crippen LogP contribution >= 0.6 is 11.8 Å². The summed E-state index contributed by atoms with van der Waals surface area (Å²) in [5.74, 6) is 1.46. The molecule has 1 aliphatic rings. The number of thioether (sulfide) groups is 1. The fourth-order valence-corrected chi connectivity index (χ4v) is 3.34. The van der Waals surface area contributed by atoms with Gasteiger partial charge in [0.1, 0.15) is 19.0 Å². The maximum atomic E-state index is 13.0. The minimum Gasteiger partial charge on any atom is -0.486 e. The maximum absolute atomic E-state index is 13.0. The molecule has 0 atom stereocenters.